The molecule has 0 saturated carbocycles. The zero-order valence-corrected chi connectivity index (χ0v) is 19.5. The predicted octanol–water partition coefficient (Wildman–Crippen LogP) is 3.54. The molecule has 1 atom stereocenters. The summed E-state index contributed by atoms with van der Waals surface area (Å²) < 4.78 is 10.5. The van der Waals surface area contributed by atoms with Gasteiger partial charge in [-0.05, 0) is 59.7 Å². The molecule has 6 N–H and O–H groups in total. The highest BCUT2D eigenvalue weighted by Crippen LogP contribution is 2.37. The molecule has 1 amide bonds. The fourth-order valence-corrected chi connectivity index (χ4v) is 3.75. The summed E-state index contributed by atoms with van der Waals surface area (Å²) in [5.41, 5.74) is 1.63. The van der Waals surface area contributed by atoms with Crippen LogP contribution in [0.25, 0.3) is 28.4 Å². The zero-order chi connectivity index (χ0) is 26.7. The summed E-state index contributed by atoms with van der Waals surface area (Å²) in [6, 6.07) is 11.7. The van der Waals surface area contributed by atoms with E-state index in [0.717, 1.165) is 0 Å². The van der Waals surface area contributed by atoms with Gasteiger partial charge in [-0.1, -0.05) is 12.1 Å². The number of fused-ring (bicyclic) bond motifs is 1. The normalized spacial score (nSPS) is 12.0. The molecule has 37 heavy (non-hydrogen) atoms. The summed E-state index contributed by atoms with van der Waals surface area (Å²) in [6.07, 6.45) is 2.69. The van der Waals surface area contributed by atoms with Crippen molar-refractivity contribution in [1.82, 2.24) is 5.32 Å². The number of phenolic OH excluding ortho intramolecular Hbond substituents is 5. The molecule has 10 nitrogen and oxygen atoms in total. The van der Waals surface area contributed by atoms with Gasteiger partial charge in [0.15, 0.2) is 34.3 Å². The molecule has 10 heteroatoms. The van der Waals surface area contributed by atoms with E-state index in [2.05, 4.69) is 5.32 Å². The third-order valence-corrected chi connectivity index (χ3v) is 5.65. The average molecular weight is 505 g/mol. The lowest BCUT2D eigenvalue weighted by Crippen LogP contribution is -2.42. The maximum atomic E-state index is 12.6. The van der Waals surface area contributed by atoms with Crippen LogP contribution >= 0.6 is 0 Å². The quantitative estimate of drug-likeness (QED) is 0.125. The molecule has 0 saturated heterocycles. The van der Waals surface area contributed by atoms with Gasteiger partial charge in [0, 0.05) is 23.4 Å². The predicted molar refractivity (Wildman–Crippen MR) is 133 cm³/mol. The van der Waals surface area contributed by atoms with Crippen molar-refractivity contribution < 1.29 is 44.3 Å². The monoisotopic (exact) mass is 505 g/mol. The van der Waals surface area contributed by atoms with Gasteiger partial charge < -0.3 is 40.0 Å². The van der Waals surface area contributed by atoms with Crippen LogP contribution in [0, 0.1) is 0 Å². The van der Waals surface area contributed by atoms with Gasteiger partial charge in [0.05, 0.1) is 7.11 Å². The van der Waals surface area contributed by atoms with Crippen molar-refractivity contribution in [3.05, 3.63) is 71.8 Å². The Hall–Kier alpha value is -5.12. The zero-order valence-electron chi connectivity index (χ0n) is 19.5. The highest BCUT2D eigenvalue weighted by Gasteiger charge is 2.22. The van der Waals surface area contributed by atoms with Crippen molar-refractivity contribution in [2.24, 2.45) is 0 Å². The number of aromatic hydroxyl groups is 5. The number of carbonyl (C=O) groups excluding carboxylic acids is 2. The number of nitrogens with one attached hydrogen (secondary N) is 1. The summed E-state index contributed by atoms with van der Waals surface area (Å²) in [7, 11) is 1.18. The van der Waals surface area contributed by atoms with Gasteiger partial charge in [-0.25, -0.2) is 4.79 Å². The first-order valence-electron chi connectivity index (χ1n) is 11.0. The number of hydrogen-bond acceptors (Lipinski definition) is 9. The summed E-state index contributed by atoms with van der Waals surface area (Å²) in [6.45, 7) is 0. The molecule has 4 rings (SSSR count). The topological polar surface area (TPSA) is 170 Å². The van der Waals surface area contributed by atoms with E-state index < -0.39 is 17.9 Å². The molecule has 1 aromatic heterocycles. The van der Waals surface area contributed by atoms with Crippen LogP contribution in [0.4, 0.5) is 0 Å². The van der Waals surface area contributed by atoms with Crippen molar-refractivity contribution in [3.63, 3.8) is 0 Å². The summed E-state index contributed by atoms with van der Waals surface area (Å²) in [5, 5.41) is 51.8. The molecular weight excluding hydrogens is 482 g/mol. The van der Waals surface area contributed by atoms with Gasteiger partial charge in [-0.15, -0.1) is 0 Å². The van der Waals surface area contributed by atoms with Crippen LogP contribution in [0.5, 0.6) is 28.7 Å². The molecule has 3 aromatic carbocycles. The van der Waals surface area contributed by atoms with Crippen LogP contribution < -0.4 is 5.32 Å². The largest absolute Gasteiger partial charge is 0.504 e. The highest BCUT2D eigenvalue weighted by molar-refractivity contribution is 5.99. The standard InChI is InChI=1S/C27H23NO9/c1-36-27(35)18(10-14-2-6-19(29)22(32)11-14)28-25(34)9-5-15-3-8-21(31)26-17(15)13-24(37-26)16-4-7-20(30)23(33)12-16/h2-9,11-13,18,29-33H,10H2,1H3,(H,28,34)/b9-5+/t18-/m1/s1. The Labute approximate surface area is 210 Å². The van der Waals surface area contributed by atoms with Crippen molar-refractivity contribution in [1.29, 1.82) is 0 Å². The van der Waals surface area contributed by atoms with Gasteiger partial charge in [0.2, 0.25) is 5.91 Å². The number of ether oxygens (including phenoxy) is 1. The van der Waals surface area contributed by atoms with E-state index in [1.54, 1.807) is 12.1 Å². The lowest BCUT2D eigenvalue weighted by Gasteiger charge is -2.16. The number of esters is 1. The number of benzene rings is 3. The summed E-state index contributed by atoms with van der Waals surface area (Å²) in [4.78, 5) is 24.9. The SMILES string of the molecule is COC(=O)[C@@H](Cc1ccc(O)c(O)c1)NC(=O)/C=C/c1ccc(O)c2oc(-c3ccc(O)c(O)c3)cc12. The van der Waals surface area contributed by atoms with E-state index in [0.29, 0.717) is 27.8 Å². The number of phenols is 5. The number of methoxy groups -OCH3 is 1. The van der Waals surface area contributed by atoms with Crippen LogP contribution in [-0.2, 0) is 20.7 Å². The fourth-order valence-electron chi connectivity index (χ4n) is 3.75. The number of furan rings is 1. The van der Waals surface area contributed by atoms with Gasteiger partial charge in [0.25, 0.3) is 0 Å². The van der Waals surface area contributed by atoms with Gasteiger partial charge in [0.1, 0.15) is 11.8 Å². The first-order chi connectivity index (χ1) is 17.7. The van der Waals surface area contributed by atoms with Crippen LogP contribution in [-0.4, -0.2) is 50.6 Å². The molecule has 0 spiro atoms. The lowest BCUT2D eigenvalue weighted by atomic mass is 10.0. The van der Waals surface area contributed by atoms with E-state index in [9.17, 15) is 35.1 Å². The minimum atomic E-state index is -1.06. The molecule has 0 aliphatic rings. The number of hydrogen-bond donors (Lipinski definition) is 6. The Bertz CT molecular complexity index is 1520. The van der Waals surface area contributed by atoms with Crippen LogP contribution in [0.3, 0.4) is 0 Å². The fraction of sp³-hybridized carbons (Fsp3) is 0.111. The van der Waals surface area contributed by atoms with E-state index in [-0.39, 0.29) is 40.8 Å². The second-order valence-corrected chi connectivity index (χ2v) is 8.18. The molecule has 0 aliphatic carbocycles. The van der Waals surface area contributed by atoms with Crippen molar-refractivity contribution in [3.8, 4) is 40.1 Å². The van der Waals surface area contributed by atoms with E-state index in [4.69, 9.17) is 9.15 Å². The Balaban J connectivity index is 1.57. The minimum Gasteiger partial charge on any atom is -0.504 e. The van der Waals surface area contributed by atoms with Gasteiger partial charge in [-0.2, -0.15) is 0 Å². The molecule has 1 heterocycles. The first-order valence-corrected chi connectivity index (χ1v) is 11.0. The molecule has 0 unspecified atom stereocenters. The van der Waals surface area contributed by atoms with Crippen LogP contribution in [0.1, 0.15) is 11.1 Å². The molecule has 0 fully saturated rings. The lowest BCUT2D eigenvalue weighted by molar-refractivity contribution is -0.144. The van der Waals surface area contributed by atoms with E-state index in [1.165, 1.54) is 61.7 Å². The maximum absolute atomic E-state index is 12.6. The highest BCUT2D eigenvalue weighted by atomic mass is 16.5. The Morgan fingerprint density at radius 1 is 0.892 bits per heavy atom. The molecule has 0 aliphatic heterocycles. The molecular formula is C27H23NO9. The van der Waals surface area contributed by atoms with Gasteiger partial charge >= 0.3 is 5.97 Å². The minimum absolute atomic E-state index is 0.00805. The second-order valence-electron chi connectivity index (χ2n) is 8.18. The number of rotatable bonds is 7. The molecule has 190 valence electrons. The Morgan fingerprint density at radius 3 is 2.24 bits per heavy atom. The van der Waals surface area contributed by atoms with Crippen molar-refractivity contribution in [2.45, 2.75) is 12.5 Å². The second kappa shape index (κ2) is 10.2. The van der Waals surface area contributed by atoms with Gasteiger partial charge in [-0.3, -0.25) is 4.79 Å². The van der Waals surface area contributed by atoms with Crippen molar-refractivity contribution >= 4 is 28.9 Å². The summed E-state index contributed by atoms with van der Waals surface area (Å²) in [5.74, 6) is -2.40. The average Bonchev–Trinajstić information content (AvgIpc) is 3.33. The smallest absolute Gasteiger partial charge is 0.328 e. The summed E-state index contributed by atoms with van der Waals surface area (Å²) >= 11 is 0. The Morgan fingerprint density at radius 2 is 1.57 bits per heavy atom. The van der Waals surface area contributed by atoms with Crippen molar-refractivity contribution in [2.75, 3.05) is 7.11 Å². The van der Waals surface area contributed by atoms with Crippen LogP contribution in [0.15, 0.2) is 65.1 Å². The third-order valence-electron chi connectivity index (χ3n) is 5.65. The molecule has 4 aromatic rings. The molecule has 0 bridgehead atoms. The Kier molecular flexibility index (Phi) is 6.92. The maximum Gasteiger partial charge on any atom is 0.328 e. The van der Waals surface area contributed by atoms with Crippen LogP contribution in [0.2, 0.25) is 0 Å². The molecule has 0 radical (unpaired) electrons. The number of amides is 1. The van der Waals surface area contributed by atoms with E-state index >= 15 is 0 Å². The third kappa shape index (κ3) is 5.43. The first kappa shape index (κ1) is 25.0. The number of carbonyl (C=O) groups is 2. The van der Waals surface area contributed by atoms with E-state index in [1.807, 2.05) is 0 Å².